The summed E-state index contributed by atoms with van der Waals surface area (Å²) >= 11 is 0. The fourth-order valence-corrected chi connectivity index (χ4v) is 4.12. The Kier molecular flexibility index (Phi) is 6.60. The molecule has 0 aliphatic heterocycles. The lowest BCUT2D eigenvalue weighted by atomic mass is 9.98. The largest absolute Gasteiger partial charge is 0.480 e. The average molecular weight is 460 g/mol. The van der Waals surface area contributed by atoms with Crippen molar-refractivity contribution in [2.24, 2.45) is 0 Å². The number of rotatable bonds is 7. The number of carbonyl (C=O) groups excluding carboxylic acids is 2. The van der Waals surface area contributed by atoms with Crippen molar-refractivity contribution in [3.05, 3.63) is 89.0 Å². The second-order valence-electron chi connectivity index (χ2n) is 8.05. The van der Waals surface area contributed by atoms with Crippen LogP contribution in [0.3, 0.4) is 0 Å². The molecule has 174 valence electrons. The van der Waals surface area contributed by atoms with E-state index in [1.54, 1.807) is 19.1 Å². The number of aliphatic carboxylic acids is 1. The summed E-state index contributed by atoms with van der Waals surface area (Å²) in [6.45, 7) is 1.11. The number of hydrogen-bond acceptors (Lipinski definition) is 5. The fourth-order valence-electron chi connectivity index (χ4n) is 4.12. The van der Waals surface area contributed by atoms with Crippen LogP contribution in [0.4, 0.5) is 10.5 Å². The summed E-state index contributed by atoms with van der Waals surface area (Å²) in [6.07, 6.45) is -0.739. The molecule has 0 fully saturated rings. The van der Waals surface area contributed by atoms with Gasteiger partial charge in [-0.15, -0.1) is 0 Å². The second kappa shape index (κ2) is 9.76. The van der Waals surface area contributed by atoms with Gasteiger partial charge in [-0.2, -0.15) is 0 Å². The van der Waals surface area contributed by atoms with Gasteiger partial charge in [0.2, 0.25) is 0 Å². The molecule has 0 spiro atoms. The van der Waals surface area contributed by atoms with Crippen LogP contribution in [0.15, 0.2) is 66.7 Å². The van der Waals surface area contributed by atoms with Gasteiger partial charge in [0, 0.05) is 5.92 Å². The molecule has 34 heavy (non-hydrogen) atoms. The van der Waals surface area contributed by atoms with Gasteiger partial charge in [-0.1, -0.05) is 60.2 Å². The summed E-state index contributed by atoms with van der Waals surface area (Å²) < 4.78 is 5.53. The molecule has 3 aromatic carbocycles. The highest BCUT2D eigenvalue weighted by Crippen LogP contribution is 2.44. The van der Waals surface area contributed by atoms with E-state index in [9.17, 15) is 19.5 Å². The van der Waals surface area contributed by atoms with Gasteiger partial charge in [0.1, 0.15) is 6.61 Å². The number of aryl methyl sites for hydroxylation is 1. The molecule has 0 saturated heterocycles. The number of benzene rings is 3. The summed E-state index contributed by atoms with van der Waals surface area (Å²) in [7, 11) is 0. The Bertz CT molecular complexity index is 1210. The van der Waals surface area contributed by atoms with Crippen LogP contribution >= 0.6 is 0 Å². The summed E-state index contributed by atoms with van der Waals surface area (Å²) in [5.41, 5.74) is 5.35. The zero-order valence-corrected chi connectivity index (χ0v) is 18.4. The number of aliphatic hydroxyl groups is 1. The lowest BCUT2D eigenvalue weighted by Crippen LogP contribution is -2.43. The number of carboxylic acid groups (broad SMARTS) is 1. The minimum Gasteiger partial charge on any atom is -0.480 e. The predicted molar refractivity (Wildman–Crippen MR) is 126 cm³/mol. The van der Waals surface area contributed by atoms with Crippen LogP contribution in [0.2, 0.25) is 0 Å². The lowest BCUT2D eigenvalue weighted by Gasteiger charge is -2.17. The molecule has 0 radical (unpaired) electrons. The molecule has 4 rings (SSSR count). The van der Waals surface area contributed by atoms with E-state index in [0.717, 1.165) is 27.8 Å². The van der Waals surface area contributed by atoms with E-state index in [-0.39, 0.29) is 23.8 Å². The molecular weight excluding hydrogens is 436 g/mol. The molecule has 0 heterocycles. The number of ether oxygens (including phenoxy) is 1. The SMILES string of the molecule is Cc1ccc(NC(=O)OCC2c3ccccc3-c3ccccc32)c(C(=O)N[C@@H](CO)C(=O)O)c1. The zero-order valence-electron chi connectivity index (χ0n) is 18.4. The summed E-state index contributed by atoms with van der Waals surface area (Å²) in [5, 5.41) is 23.1. The topological polar surface area (TPSA) is 125 Å². The summed E-state index contributed by atoms with van der Waals surface area (Å²) in [4.78, 5) is 36.4. The van der Waals surface area contributed by atoms with Crippen LogP contribution in [-0.4, -0.2) is 47.4 Å². The van der Waals surface area contributed by atoms with Crippen LogP contribution < -0.4 is 10.6 Å². The van der Waals surface area contributed by atoms with Gasteiger partial charge >= 0.3 is 12.1 Å². The van der Waals surface area contributed by atoms with Gasteiger partial charge in [-0.3, -0.25) is 10.1 Å². The van der Waals surface area contributed by atoms with Crippen molar-refractivity contribution in [2.45, 2.75) is 18.9 Å². The molecule has 0 aromatic heterocycles. The highest BCUT2D eigenvalue weighted by atomic mass is 16.5. The maximum atomic E-state index is 12.6. The molecule has 3 aromatic rings. The Labute approximate surface area is 196 Å². The van der Waals surface area contributed by atoms with E-state index >= 15 is 0 Å². The van der Waals surface area contributed by atoms with E-state index in [1.165, 1.54) is 6.07 Å². The van der Waals surface area contributed by atoms with E-state index in [0.29, 0.717) is 0 Å². The number of amides is 2. The van der Waals surface area contributed by atoms with Gasteiger partial charge in [0.15, 0.2) is 6.04 Å². The maximum absolute atomic E-state index is 12.6. The van der Waals surface area contributed by atoms with Crippen molar-refractivity contribution in [3.63, 3.8) is 0 Å². The first-order valence-electron chi connectivity index (χ1n) is 10.8. The number of carboxylic acids is 1. The third kappa shape index (κ3) is 4.62. The van der Waals surface area contributed by atoms with Gasteiger partial charge < -0.3 is 20.3 Å². The number of hydrogen-bond donors (Lipinski definition) is 4. The molecule has 8 nitrogen and oxygen atoms in total. The van der Waals surface area contributed by atoms with Crippen LogP contribution in [0.5, 0.6) is 0 Å². The van der Waals surface area contributed by atoms with Gasteiger partial charge in [-0.05, 0) is 41.3 Å². The van der Waals surface area contributed by atoms with Crippen molar-refractivity contribution < 1.29 is 29.3 Å². The molecule has 1 aliphatic rings. The second-order valence-corrected chi connectivity index (χ2v) is 8.05. The van der Waals surface area contributed by atoms with Crippen LogP contribution in [0, 0.1) is 6.92 Å². The molecule has 0 saturated carbocycles. The normalized spacial score (nSPS) is 12.9. The Morgan fingerprint density at radius 1 is 0.971 bits per heavy atom. The molecule has 8 heteroatoms. The van der Waals surface area contributed by atoms with E-state index < -0.39 is 30.6 Å². The van der Waals surface area contributed by atoms with Gasteiger partial charge in [0.25, 0.3) is 5.91 Å². The predicted octanol–water partition coefficient (Wildman–Crippen LogP) is 3.53. The number of aliphatic hydroxyl groups excluding tert-OH is 1. The first kappa shape index (κ1) is 23.0. The van der Waals surface area contributed by atoms with Gasteiger partial charge in [-0.25, -0.2) is 9.59 Å². The highest BCUT2D eigenvalue weighted by Gasteiger charge is 2.29. The smallest absolute Gasteiger partial charge is 0.411 e. The quantitative estimate of drug-likeness (QED) is 0.428. The van der Waals surface area contributed by atoms with Crippen LogP contribution in [0.25, 0.3) is 11.1 Å². The Hall–Kier alpha value is -4.17. The molecular formula is C26H24N2O6. The number of carbonyl (C=O) groups is 3. The zero-order chi connectivity index (χ0) is 24.2. The summed E-state index contributed by atoms with van der Waals surface area (Å²) in [6, 6.07) is 19.3. The number of anilines is 1. The lowest BCUT2D eigenvalue weighted by molar-refractivity contribution is -0.140. The third-order valence-electron chi connectivity index (χ3n) is 5.79. The Morgan fingerprint density at radius 3 is 2.18 bits per heavy atom. The first-order chi connectivity index (χ1) is 16.4. The first-order valence-corrected chi connectivity index (χ1v) is 10.8. The highest BCUT2D eigenvalue weighted by molar-refractivity contribution is 6.04. The van der Waals surface area contributed by atoms with Gasteiger partial charge in [0.05, 0.1) is 17.9 Å². The van der Waals surface area contributed by atoms with Crippen molar-refractivity contribution in [2.75, 3.05) is 18.5 Å². The van der Waals surface area contributed by atoms with E-state index in [2.05, 4.69) is 10.6 Å². The molecule has 4 N–H and O–H groups in total. The number of nitrogens with one attached hydrogen (secondary N) is 2. The molecule has 1 aliphatic carbocycles. The monoisotopic (exact) mass is 460 g/mol. The minimum atomic E-state index is -1.46. The molecule has 0 unspecified atom stereocenters. The Morgan fingerprint density at radius 2 is 1.59 bits per heavy atom. The van der Waals surface area contributed by atoms with Crippen molar-refractivity contribution in [3.8, 4) is 11.1 Å². The van der Waals surface area contributed by atoms with E-state index in [1.807, 2.05) is 48.5 Å². The fraction of sp³-hybridized carbons (Fsp3) is 0.192. The van der Waals surface area contributed by atoms with Crippen molar-refractivity contribution in [1.82, 2.24) is 5.32 Å². The van der Waals surface area contributed by atoms with Crippen LogP contribution in [0.1, 0.15) is 33.0 Å². The molecule has 2 amide bonds. The Balaban J connectivity index is 1.48. The third-order valence-corrected chi connectivity index (χ3v) is 5.79. The summed E-state index contributed by atoms with van der Waals surface area (Å²) in [5.74, 6) is -2.21. The standard InChI is InChI=1S/C26H24N2O6/c1-15-10-11-22(20(12-15)24(30)27-23(13-29)25(31)32)28-26(33)34-14-21-18-8-4-2-6-16(18)17-7-3-5-9-19(17)21/h2-12,21,23,29H,13-14H2,1H3,(H,27,30)(H,28,33)(H,31,32)/t23-/m0/s1. The van der Waals surface area contributed by atoms with E-state index in [4.69, 9.17) is 9.84 Å². The van der Waals surface area contributed by atoms with Crippen molar-refractivity contribution >= 4 is 23.7 Å². The minimum absolute atomic E-state index is 0.0632. The molecule has 1 atom stereocenters. The number of fused-ring (bicyclic) bond motifs is 3. The van der Waals surface area contributed by atoms with Crippen molar-refractivity contribution in [1.29, 1.82) is 0 Å². The molecule has 0 bridgehead atoms. The average Bonchev–Trinajstić information content (AvgIpc) is 3.15. The van der Waals surface area contributed by atoms with Crippen LogP contribution in [-0.2, 0) is 9.53 Å². The maximum Gasteiger partial charge on any atom is 0.411 e.